The highest BCUT2D eigenvalue weighted by molar-refractivity contribution is 7.09. The van der Waals surface area contributed by atoms with Crippen molar-refractivity contribution in [3.63, 3.8) is 0 Å². The van der Waals surface area contributed by atoms with Crippen molar-refractivity contribution in [1.29, 1.82) is 0 Å². The van der Waals surface area contributed by atoms with Gasteiger partial charge in [0.05, 0.1) is 17.3 Å². The lowest BCUT2D eigenvalue weighted by Crippen LogP contribution is -2.47. The van der Waals surface area contributed by atoms with Gasteiger partial charge in [-0.3, -0.25) is 0 Å². The van der Waals surface area contributed by atoms with E-state index in [-0.39, 0.29) is 11.0 Å². The van der Waals surface area contributed by atoms with Crippen molar-refractivity contribution in [2.24, 2.45) is 0 Å². The standard InChI is InChI=1S/C14H24N2OS/c1-10-8-14(15-5,6-7-17-10)12-16-11(9-18-12)13(2,3)4/h9-10,15H,6-8H2,1-5H3. The van der Waals surface area contributed by atoms with Crippen LogP contribution in [0.15, 0.2) is 5.38 Å². The van der Waals surface area contributed by atoms with Gasteiger partial charge >= 0.3 is 0 Å². The molecule has 1 aliphatic heterocycles. The Morgan fingerprint density at radius 2 is 2.22 bits per heavy atom. The Balaban J connectivity index is 2.30. The molecule has 1 saturated heterocycles. The summed E-state index contributed by atoms with van der Waals surface area (Å²) in [6.07, 6.45) is 2.30. The highest BCUT2D eigenvalue weighted by atomic mass is 32.1. The molecule has 2 unspecified atom stereocenters. The summed E-state index contributed by atoms with van der Waals surface area (Å²) >= 11 is 1.78. The van der Waals surface area contributed by atoms with E-state index in [1.54, 1.807) is 11.3 Å². The fourth-order valence-corrected chi connectivity index (χ4v) is 3.75. The molecule has 3 nitrogen and oxygen atoms in total. The molecule has 0 bridgehead atoms. The van der Waals surface area contributed by atoms with E-state index in [9.17, 15) is 0 Å². The summed E-state index contributed by atoms with van der Waals surface area (Å²) < 4.78 is 5.67. The van der Waals surface area contributed by atoms with Crippen molar-refractivity contribution in [2.75, 3.05) is 13.7 Å². The zero-order valence-electron chi connectivity index (χ0n) is 12.0. The van der Waals surface area contributed by atoms with Crippen molar-refractivity contribution in [1.82, 2.24) is 10.3 Å². The average molecular weight is 268 g/mol. The molecule has 1 fully saturated rings. The van der Waals surface area contributed by atoms with Gasteiger partial charge in [-0.2, -0.15) is 0 Å². The maximum absolute atomic E-state index is 5.67. The molecule has 2 heterocycles. The summed E-state index contributed by atoms with van der Waals surface area (Å²) in [4.78, 5) is 4.88. The molecule has 2 atom stereocenters. The van der Waals surface area contributed by atoms with Gasteiger partial charge in [0.1, 0.15) is 5.01 Å². The number of aromatic nitrogens is 1. The van der Waals surface area contributed by atoms with Crippen LogP contribution in [0.2, 0.25) is 0 Å². The van der Waals surface area contributed by atoms with Crippen molar-refractivity contribution in [3.05, 3.63) is 16.1 Å². The summed E-state index contributed by atoms with van der Waals surface area (Å²) in [6, 6.07) is 0. The monoisotopic (exact) mass is 268 g/mol. The molecule has 0 spiro atoms. The highest BCUT2D eigenvalue weighted by Gasteiger charge is 2.38. The Kier molecular flexibility index (Phi) is 3.81. The van der Waals surface area contributed by atoms with E-state index in [4.69, 9.17) is 9.72 Å². The smallest absolute Gasteiger partial charge is 0.113 e. The Morgan fingerprint density at radius 1 is 1.50 bits per heavy atom. The molecular formula is C14H24N2OS. The van der Waals surface area contributed by atoms with E-state index in [0.29, 0.717) is 6.10 Å². The van der Waals surface area contributed by atoms with Gasteiger partial charge in [0.25, 0.3) is 0 Å². The minimum absolute atomic E-state index is 0.00579. The van der Waals surface area contributed by atoms with Gasteiger partial charge in [0.15, 0.2) is 0 Å². The van der Waals surface area contributed by atoms with Gasteiger partial charge < -0.3 is 10.1 Å². The molecule has 4 heteroatoms. The van der Waals surface area contributed by atoms with Crippen LogP contribution in [0.1, 0.15) is 51.2 Å². The fourth-order valence-electron chi connectivity index (χ4n) is 2.45. The third-order valence-corrected chi connectivity index (χ3v) is 4.77. The molecule has 0 radical (unpaired) electrons. The van der Waals surface area contributed by atoms with E-state index >= 15 is 0 Å². The molecule has 1 aromatic rings. The summed E-state index contributed by atoms with van der Waals surface area (Å²) in [7, 11) is 2.04. The number of thiazole rings is 1. The van der Waals surface area contributed by atoms with Crippen LogP contribution < -0.4 is 5.32 Å². The summed E-state index contributed by atoms with van der Waals surface area (Å²) in [6.45, 7) is 9.59. The summed E-state index contributed by atoms with van der Waals surface area (Å²) in [5, 5.41) is 6.91. The minimum atomic E-state index is 0.00579. The number of hydrogen-bond acceptors (Lipinski definition) is 4. The third kappa shape index (κ3) is 2.60. The second kappa shape index (κ2) is 4.91. The van der Waals surface area contributed by atoms with E-state index in [1.807, 2.05) is 7.05 Å². The van der Waals surface area contributed by atoms with E-state index in [2.05, 4.69) is 38.4 Å². The Bertz CT molecular complexity index is 410. The van der Waals surface area contributed by atoms with Crippen molar-refractivity contribution in [3.8, 4) is 0 Å². The van der Waals surface area contributed by atoms with Crippen LogP contribution >= 0.6 is 11.3 Å². The van der Waals surface area contributed by atoms with Crippen molar-refractivity contribution >= 4 is 11.3 Å². The number of nitrogens with one attached hydrogen (secondary N) is 1. The number of hydrogen-bond donors (Lipinski definition) is 1. The third-order valence-electron chi connectivity index (χ3n) is 3.73. The summed E-state index contributed by atoms with van der Waals surface area (Å²) in [5.74, 6) is 0. The lowest BCUT2D eigenvalue weighted by atomic mass is 9.87. The second-order valence-corrected chi connectivity index (χ2v) is 7.11. The molecule has 1 aromatic heterocycles. The van der Waals surface area contributed by atoms with E-state index in [1.165, 1.54) is 10.7 Å². The number of nitrogens with zero attached hydrogens (tertiary/aromatic N) is 1. The molecule has 1 N–H and O–H groups in total. The SMILES string of the molecule is CNC1(c2nc(C(C)(C)C)cs2)CCOC(C)C1. The Labute approximate surface area is 114 Å². The first-order valence-corrected chi connectivity index (χ1v) is 7.52. The first-order valence-electron chi connectivity index (χ1n) is 6.64. The van der Waals surface area contributed by atoms with Gasteiger partial charge in [-0.25, -0.2) is 4.98 Å². The fraction of sp³-hybridized carbons (Fsp3) is 0.786. The van der Waals surface area contributed by atoms with Gasteiger partial charge in [-0.15, -0.1) is 11.3 Å². The van der Waals surface area contributed by atoms with E-state index < -0.39 is 0 Å². The molecule has 0 aromatic carbocycles. The Hall–Kier alpha value is -0.450. The van der Waals surface area contributed by atoms with Crippen LogP contribution in [0.5, 0.6) is 0 Å². The molecule has 18 heavy (non-hydrogen) atoms. The normalized spacial score (nSPS) is 29.5. The molecule has 0 amide bonds. The quantitative estimate of drug-likeness (QED) is 0.895. The lowest BCUT2D eigenvalue weighted by molar-refractivity contribution is -0.0185. The second-order valence-electron chi connectivity index (χ2n) is 6.26. The van der Waals surface area contributed by atoms with Crippen molar-refractivity contribution < 1.29 is 4.74 Å². The lowest BCUT2D eigenvalue weighted by Gasteiger charge is -2.38. The predicted octanol–water partition coefficient (Wildman–Crippen LogP) is 3.05. The van der Waals surface area contributed by atoms with Crippen LogP contribution in [0.25, 0.3) is 0 Å². The maximum atomic E-state index is 5.67. The molecule has 2 rings (SSSR count). The van der Waals surface area contributed by atoms with Crippen LogP contribution in [0.3, 0.4) is 0 Å². The topological polar surface area (TPSA) is 34.2 Å². The highest BCUT2D eigenvalue weighted by Crippen LogP contribution is 2.37. The molecular weight excluding hydrogens is 244 g/mol. The van der Waals surface area contributed by atoms with Crippen LogP contribution in [-0.4, -0.2) is 24.7 Å². The molecule has 0 saturated carbocycles. The average Bonchev–Trinajstić information content (AvgIpc) is 2.78. The van der Waals surface area contributed by atoms with Crippen LogP contribution in [0, 0.1) is 0 Å². The number of rotatable bonds is 2. The van der Waals surface area contributed by atoms with Gasteiger partial charge in [0.2, 0.25) is 0 Å². The van der Waals surface area contributed by atoms with Crippen LogP contribution in [0.4, 0.5) is 0 Å². The molecule has 102 valence electrons. The van der Waals surface area contributed by atoms with Gasteiger partial charge in [-0.1, -0.05) is 20.8 Å². The van der Waals surface area contributed by atoms with Gasteiger partial charge in [0, 0.05) is 17.4 Å². The predicted molar refractivity (Wildman–Crippen MR) is 76.2 cm³/mol. The zero-order chi connectivity index (χ0) is 13.4. The zero-order valence-corrected chi connectivity index (χ0v) is 12.9. The molecule has 0 aliphatic carbocycles. The largest absolute Gasteiger partial charge is 0.378 e. The summed E-state index contributed by atoms with van der Waals surface area (Å²) in [5.41, 5.74) is 1.32. The van der Waals surface area contributed by atoms with E-state index in [0.717, 1.165) is 19.4 Å². The Morgan fingerprint density at radius 3 is 2.72 bits per heavy atom. The minimum Gasteiger partial charge on any atom is -0.378 e. The first-order chi connectivity index (χ1) is 8.37. The van der Waals surface area contributed by atoms with Crippen LogP contribution in [-0.2, 0) is 15.7 Å². The van der Waals surface area contributed by atoms with Crippen molar-refractivity contribution in [2.45, 2.75) is 57.6 Å². The molecule has 1 aliphatic rings. The first kappa shape index (κ1) is 14.0. The number of ether oxygens (including phenoxy) is 1. The van der Waals surface area contributed by atoms with Gasteiger partial charge in [-0.05, 0) is 26.8 Å². The maximum Gasteiger partial charge on any atom is 0.113 e.